The van der Waals surface area contributed by atoms with Crippen molar-refractivity contribution in [2.75, 3.05) is 25.6 Å². The monoisotopic (exact) mass is 222 g/mol. The molecule has 0 fully saturated rings. The Morgan fingerprint density at radius 3 is 2.44 bits per heavy atom. The van der Waals surface area contributed by atoms with E-state index in [1.807, 2.05) is 6.07 Å². The van der Waals surface area contributed by atoms with E-state index in [-0.39, 0.29) is 0 Å². The number of nitrogens with two attached hydrogens (primary N) is 1. The molecule has 90 valence electrons. The van der Waals surface area contributed by atoms with Crippen LogP contribution < -0.4 is 15.4 Å². The summed E-state index contributed by atoms with van der Waals surface area (Å²) in [5.41, 5.74) is 9.35. The summed E-state index contributed by atoms with van der Waals surface area (Å²) in [4.78, 5) is 2.21. The molecule has 0 radical (unpaired) electrons. The van der Waals surface area contributed by atoms with Gasteiger partial charge in [0.1, 0.15) is 5.75 Å². The number of benzene rings is 1. The zero-order valence-electron chi connectivity index (χ0n) is 10.9. The highest BCUT2D eigenvalue weighted by Crippen LogP contribution is 2.29. The van der Waals surface area contributed by atoms with Crippen molar-refractivity contribution in [1.82, 2.24) is 0 Å². The van der Waals surface area contributed by atoms with Crippen LogP contribution in [0.3, 0.4) is 0 Å². The van der Waals surface area contributed by atoms with Crippen LogP contribution in [0.4, 0.5) is 5.69 Å². The molecule has 0 aliphatic rings. The zero-order chi connectivity index (χ0) is 12.3. The lowest BCUT2D eigenvalue weighted by Crippen LogP contribution is -2.35. The molecule has 1 unspecified atom stereocenters. The molecule has 0 aliphatic heterocycles. The molecule has 0 saturated carbocycles. The molecule has 1 aromatic carbocycles. The molecule has 16 heavy (non-hydrogen) atoms. The minimum Gasteiger partial charge on any atom is -0.496 e. The van der Waals surface area contributed by atoms with Crippen LogP contribution in [-0.4, -0.2) is 26.7 Å². The Bertz CT molecular complexity index is 363. The van der Waals surface area contributed by atoms with E-state index in [2.05, 4.69) is 38.8 Å². The molecule has 0 heterocycles. The molecule has 1 rings (SSSR count). The summed E-state index contributed by atoms with van der Waals surface area (Å²) in [6.45, 7) is 6.98. The number of nitrogens with zero attached hydrogens (tertiary/aromatic N) is 1. The number of hydrogen-bond acceptors (Lipinski definition) is 3. The summed E-state index contributed by atoms with van der Waals surface area (Å²) in [6.07, 6.45) is 0. The predicted molar refractivity (Wildman–Crippen MR) is 69.4 cm³/mol. The molecule has 0 amide bonds. The lowest BCUT2D eigenvalue weighted by Gasteiger charge is -2.28. The average Bonchev–Trinajstić information content (AvgIpc) is 2.30. The van der Waals surface area contributed by atoms with Gasteiger partial charge in [-0.3, -0.25) is 0 Å². The molecule has 1 atom stereocenters. The molecule has 3 nitrogen and oxygen atoms in total. The molecule has 0 aliphatic carbocycles. The fourth-order valence-corrected chi connectivity index (χ4v) is 1.78. The van der Waals surface area contributed by atoms with Gasteiger partial charge in [-0.1, -0.05) is 0 Å². The van der Waals surface area contributed by atoms with Gasteiger partial charge >= 0.3 is 0 Å². The van der Waals surface area contributed by atoms with E-state index >= 15 is 0 Å². The third-order valence-electron chi connectivity index (χ3n) is 3.31. The normalized spacial score (nSPS) is 12.4. The number of ether oxygens (including phenoxy) is 1. The topological polar surface area (TPSA) is 38.5 Å². The van der Waals surface area contributed by atoms with Gasteiger partial charge in [-0.2, -0.15) is 0 Å². The van der Waals surface area contributed by atoms with Gasteiger partial charge in [-0.15, -0.1) is 0 Å². The Morgan fingerprint density at radius 1 is 1.31 bits per heavy atom. The summed E-state index contributed by atoms with van der Waals surface area (Å²) in [6, 6.07) is 4.44. The van der Waals surface area contributed by atoms with Crippen molar-refractivity contribution in [3.05, 3.63) is 23.3 Å². The molecule has 0 spiro atoms. The Kier molecular flexibility index (Phi) is 4.19. The predicted octanol–water partition coefficient (Wildman–Crippen LogP) is 2.10. The summed E-state index contributed by atoms with van der Waals surface area (Å²) in [5.74, 6) is 0.940. The number of likely N-dealkylation sites (N-methyl/N-ethyl adjacent to an activating group) is 1. The van der Waals surface area contributed by atoms with Crippen molar-refractivity contribution < 1.29 is 4.74 Å². The first-order chi connectivity index (χ1) is 7.52. The zero-order valence-corrected chi connectivity index (χ0v) is 10.9. The summed E-state index contributed by atoms with van der Waals surface area (Å²) < 4.78 is 5.30. The molecular weight excluding hydrogens is 200 g/mol. The molecule has 3 heteroatoms. The first-order valence-electron chi connectivity index (χ1n) is 5.60. The van der Waals surface area contributed by atoms with Crippen LogP contribution in [-0.2, 0) is 0 Å². The maximum absolute atomic E-state index is 5.69. The fourth-order valence-electron chi connectivity index (χ4n) is 1.78. The highest BCUT2D eigenvalue weighted by molar-refractivity contribution is 5.60. The van der Waals surface area contributed by atoms with E-state index in [0.29, 0.717) is 12.6 Å². The van der Waals surface area contributed by atoms with E-state index in [4.69, 9.17) is 10.5 Å². The van der Waals surface area contributed by atoms with Crippen LogP contribution in [0.1, 0.15) is 18.1 Å². The standard InChI is InChI=1S/C13H22N2O/c1-9(8-14)15(4)12-6-7-13(16-5)11(3)10(12)2/h6-7,9H,8,14H2,1-5H3. The van der Waals surface area contributed by atoms with Gasteiger partial charge < -0.3 is 15.4 Å². The Balaban J connectivity index is 3.11. The van der Waals surface area contributed by atoms with Crippen LogP contribution >= 0.6 is 0 Å². The molecule has 1 aromatic rings. The van der Waals surface area contributed by atoms with Gasteiger partial charge in [0.15, 0.2) is 0 Å². The first kappa shape index (κ1) is 12.8. The summed E-state index contributed by atoms with van der Waals surface area (Å²) >= 11 is 0. The van der Waals surface area contributed by atoms with Crippen molar-refractivity contribution in [3.63, 3.8) is 0 Å². The Morgan fingerprint density at radius 2 is 1.94 bits per heavy atom. The van der Waals surface area contributed by atoms with E-state index in [0.717, 1.165) is 5.75 Å². The van der Waals surface area contributed by atoms with Gasteiger partial charge in [-0.25, -0.2) is 0 Å². The Hall–Kier alpha value is -1.22. The van der Waals surface area contributed by atoms with Gasteiger partial charge in [0.05, 0.1) is 7.11 Å². The van der Waals surface area contributed by atoms with Gasteiger partial charge in [0.25, 0.3) is 0 Å². The Labute approximate surface area is 98.2 Å². The van der Waals surface area contributed by atoms with E-state index < -0.39 is 0 Å². The average molecular weight is 222 g/mol. The largest absolute Gasteiger partial charge is 0.496 e. The maximum atomic E-state index is 5.69. The fraction of sp³-hybridized carbons (Fsp3) is 0.538. The van der Waals surface area contributed by atoms with Crippen molar-refractivity contribution in [3.8, 4) is 5.75 Å². The van der Waals surface area contributed by atoms with Crippen molar-refractivity contribution in [2.24, 2.45) is 5.73 Å². The second kappa shape index (κ2) is 5.21. The third-order valence-corrected chi connectivity index (χ3v) is 3.31. The molecule has 0 saturated heterocycles. The first-order valence-corrected chi connectivity index (χ1v) is 5.60. The molecular formula is C13H22N2O. The molecule has 0 bridgehead atoms. The van der Waals surface area contributed by atoms with Gasteiger partial charge in [0.2, 0.25) is 0 Å². The molecule has 2 N–H and O–H groups in total. The van der Waals surface area contributed by atoms with Crippen LogP contribution in [0.25, 0.3) is 0 Å². The number of methoxy groups -OCH3 is 1. The number of rotatable bonds is 4. The lowest BCUT2D eigenvalue weighted by molar-refractivity contribution is 0.411. The lowest BCUT2D eigenvalue weighted by atomic mass is 10.1. The van der Waals surface area contributed by atoms with Crippen molar-refractivity contribution in [2.45, 2.75) is 26.8 Å². The minimum atomic E-state index is 0.339. The van der Waals surface area contributed by atoms with Crippen LogP contribution in [0.15, 0.2) is 12.1 Å². The maximum Gasteiger partial charge on any atom is 0.122 e. The quantitative estimate of drug-likeness (QED) is 0.848. The van der Waals surface area contributed by atoms with Crippen molar-refractivity contribution in [1.29, 1.82) is 0 Å². The third kappa shape index (κ3) is 2.30. The van der Waals surface area contributed by atoms with Crippen LogP contribution in [0, 0.1) is 13.8 Å². The number of anilines is 1. The second-order valence-corrected chi connectivity index (χ2v) is 4.23. The van der Waals surface area contributed by atoms with Gasteiger partial charge in [0, 0.05) is 25.3 Å². The molecule has 0 aromatic heterocycles. The SMILES string of the molecule is COc1ccc(N(C)C(C)CN)c(C)c1C. The minimum absolute atomic E-state index is 0.339. The van der Waals surface area contributed by atoms with E-state index in [1.54, 1.807) is 7.11 Å². The second-order valence-electron chi connectivity index (χ2n) is 4.23. The highest BCUT2D eigenvalue weighted by Gasteiger charge is 2.13. The summed E-state index contributed by atoms with van der Waals surface area (Å²) in [7, 11) is 3.78. The van der Waals surface area contributed by atoms with E-state index in [9.17, 15) is 0 Å². The highest BCUT2D eigenvalue weighted by atomic mass is 16.5. The van der Waals surface area contributed by atoms with Crippen LogP contribution in [0.5, 0.6) is 5.75 Å². The van der Waals surface area contributed by atoms with Crippen LogP contribution in [0.2, 0.25) is 0 Å². The number of hydrogen-bond donors (Lipinski definition) is 1. The van der Waals surface area contributed by atoms with E-state index in [1.165, 1.54) is 16.8 Å². The van der Waals surface area contributed by atoms with Crippen molar-refractivity contribution >= 4 is 5.69 Å². The summed E-state index contributed by atoms with van der Waals surface area (Å²) in [5, 5.41) is 0. The van der Waals surface area contributed by atoms with Gasteiger partial charge in [-0.05, 0) is 44.0 Å². The smallest absolute Gasteiger partial charge is 0.122 e.